The molecule has 1 aliphatic rings. The monoisotopic (exact) mass is 302 g/mol. The van der Waals surface area contributed by atoms with E-state index in [2.05, 4.69) is 0 Å². The summed E-state index contributed by atoms with van der Waals surface area (Å²) in [4.78, 5) is 11.9. The van der Waals surface area contributed by atoms with E-state index in [4.69, 9.17) is 4.74 Å². The van der Waals surface area contributed by atoms with Gasteiger partial charge in [-0.15, -0.1) is 0 Å². The van der Waals surface area contributed by atoms with E-state index in [0.717, 1.165) is 5.56 Å². The lowest BCUT2D eigenvalue weighted by molar-refractivity contribution is -0.198. The molecule has 0 saturated heterocycles. The van der Waals surface area contributed by atoms with Crippen molar-refractivity contribution in [2.75, 3.05) is 0 Å². The Labute approximate surface area is 120 Å². The number of ether oxygens (including phenoxy) is 1. The van der Waals surface area contributed by atoms with Gasteiger partial charge in [0.2, 0.25) is 0 Å². The molecule has 0 heterocycles. The maximum atomic E-state index is 12.7. The van der Waals surface area contributed by atoms with E-state index in [1.165, 1.54) is 0 Å². The molecule has 1 aromatic rings. The fraction of sp³-hybridized carbons (Fsp3) is 0.533. The Balaban J connectivity index is 1.92. The Hall–Kier alpha value is -1.56. The molecule has 116 valence electrons. The van der Waals surface area contributed by atoms with Crippen molar-refractivity contribution in [2.45, 2.75) is 38.1 Å². The first-order valence-electron chi connectivity index (χ1n) is 6.81. The lowest BCUT2D eigenvalue weighted by Gasteiger charge is -2.32. The summed E-state index contributed by atoms with van der Waals surface area (Å²) in [6.07, 6.45) is -6.13. The van der Waals surface area contributed by atoms with Gasteiger partial charge >= 0.3 is 12.1 Å². The Morgan fingerprint density at radius 2 is 1.86 bits per heavy atom. The predicted octanol–water partition coefficient (Wildman–Crippen LogP) is 3.07. The molecule has 0 amide bonds. The van der Waals surface area contributed by atoms with Gasteiger partial charge in [0.15, 0.2) is 0 Å². The molecule has 21 heavy (non-hydrogen) atoms. The zero-order valence-electron chi connectivity index (χ0n) is 11.3. The molecule has 0 aromatic heterocycles. The number of aliphatic hydroxyl groups is 1. The molecule has 0 aliphatic heterocycles. The summed E-state index contributed by atoms with van der Waals surface area (Å²) in [5.41, 5.74) is 0.773. The third-order valence-corrected chi connectivity index (χ3v) is 3.70. The van der Waals surface area contributed by atoms with Crippen LogP contribution in [0.3, 0.4) is 0 Å². The van der Waals surface area contributed by atoms with Crippen LogP contribution in [0.5, 0.6) is 0 Å². The maximum Gasteiger partial charge on any atom is 0.391 e. The second-order valence-electron chi connectivity index (χ2n) is 5.39. The zero-order valence-corrected chi connectivity index (χ0v) is 11.3. The number of esters is 1. The summed E-state index contributed by atoms with van der Waals surface area (Å²) < 4.78 is 43.3. The minimum atomic E-state index is -4.39. The third kappa shape index (κ3) is 4.46. The number of hydrogen-bond acceptors (Lipinski definition) is 3. The number of benzene rings is 1. The quantitative estimate of drug-likeness (QED) is 0.873. The highest BCUT2D eigenvalue weighted by Gasteiger charge is 2.46. The highest BCUT2D eigenvalue weighted by molar-refractivity contribution is 5.72. The van der Waals surface area contributed by atoms with E-state index >= 15 is 0 Å². The Kier molecular flexibility index (Phi) is 4.88. The number of hydrogen-bond donors (Lipinski definition) is 1. The largest absolute Gasteiger partial charge is 0.461 e. The van der Waals surface area contributed by atoms with Crippen LogP contribution in [0.15, 0.2) is 30.3 Å². The molecular weight excluding hydrogens is 285 g/mol. The molecule has 1 aliphatic carbocycles. The molecule has 1 N–H and O–H groups in total. The van der Waals surface area contributed by atoms with E-state index in [1.807, 2.05) is 6.07 Å². The normalized spacial score (nSPS) is 26.4. The molecule has 2 rings (SSSR count). The van der Waals surface area contributed by atoms with Gasteiger partial charge in [-0.25, -0.2) is 0 Å². The number of aliphatic hydroxyl groups excluding tert-OH is 1. The molecule has 3 atom stereocenters. The van der Waals surface area contributed by atoms with Crippen LogP contribution in [0.1, 0.15) is 24.8 Å². The van der Waals surface area contributed by atoms with E-state index in [-0.39, 0.29) is 25.9 Å². The highest BCUT2D eigenvalue weighted by Crippen LogP contribution is 2.40. The van der Waals surface area contributed by atoms with Crippen molar-refractivity contribution < 1.29 is 27.8 Å². The van der Waals surface area contributed by atoms with Gasteiger partial charge in [0.05, 0.1) is 17.9 Å². The van der Waals surface area contributed by atoms with E-state index < -0.39 is 30.1 Å². The van der Waals surface area contributed by atoms with Crippen LogP contribution < -0.4 is 0 Å². The van der Waals surface area contributed by atoms with Crippen LogP contribution in [-0.2, 0) is 16.1 Å². The van der Waals surface area contributed by atoms with Gasteiger partial charge < -0.3 is 9.84 Å². The van der Waals surface area contributed by atoms with Gasteiger partial charge in [0.25, 0.3) is 0 Å². The molecule has 0 radical (unpaired) electrons. The van der Waals surface area contributed by atoms with E-state index in [1.54, 1.807) is 24.3 Å². The second kappa shape index (κ2) is 6.47. The minimum Gasteiger partial charge on any atom is -0.461 e. The predicted molar refractivity (Wildman–Crippen MR) is 69.1 cm³/mol. The molecule has 6 heteroatoms. The lowest BCUT2D eigenvalue weighted by Crippen LogP contribution is -2.38. The minimum absolute atomic E-state index is 0.0280. The fourth-order valence-electron chi connectivity index (χ4n) is 2.60. The van der Waals surface area contributed by atoms with E-state index in [0.29, 0.717) is 0 Å². The van der Waals surface area contributed by atoms with Gasteiger partial charge in [0, 0.05) is 0 Å². The van der Waals surface area contributed by atoms with Crippen LogP contribution in [0.4, 0.5) is 13.2 Å². The summed E-state index contributed by atoms with van der Waals surface area (Å²) >= 11 is 0. The Morgan fingerprint density at radius 1 is 1.19 bits per heavy atom. The molecular formula is C15H17F3O3. The average molecular weight is 302 g/mol. The van der Waals surface area contributed by atoms with Crippen LogP contribution in [0, 0.1) is 11.8 Å². The van der Waals surface area contributed by atoms with Crippen LogP contribution in [0.25, 0.3) is 0 Å². The summed E-state index contributed by atoms with van der Waals surface area (Å²) in [6, 6.07) is 8.92. The Bertz CT molecular complexity index is 473. The summed E-state index contributed by atoms with van der Waals surface area (Å²) in [5, 5.41) is 9.54. The van der Waals surface area contributed by atoms with Crippen molar-refractivity contribution in [3.05, 3.63) is 35.9 Å². The topological polar surface area (TPSA) is 46.5 Å². The van der Waals surface area contributed by atoms with Crippen molar-refractivity contribution in [1.82, 2.24) is 0 Å². The second-order valence-corrected chi connectivity index (χ2v) is 5.39. The summed E-state index contributed by atoms with van der Waals surface area (Å²) in [6.45, 7) is 0.0307. The van der Waals surface area contributed by atoms with Crippen LogP contribution in [-0.4, -0.2) is 23.4 Å². The zero-order chi connectivity index (χ0) is 15.5. The average Bonchev–Trinajstić information content (AvgIpc) is 2.44. The molecule has 1 fully saturated rings. The molecule has 3 unspecified atom stereocenters. The smallest absolute Gasteiger partial charge is 0.391 e. The van der Waals surface area contributed by atoms with Gasteiger partial charge in [-0.05, 0) is 24.8 Å². The SMILES string of the molecule is O=C(OCc1ccccc1)C1CC(O)CC(C(F)(F)F)C1. The molecule has 1 aromatic carbocycles. The van der Waals surface area contributed by atoms with Gasteiger partial charge in [-0.1, -0.05) is 30.3 Å². The van der Waals surface area contributed by atoms with Gasteiger partial charge in [-0.3, -0.25) is 4.79 Å². The summed E-state index contributed by atoms with van der Waals surface area (Å²) in [7, 11) is 0. The number of rotatable bonds is 3. The number of alkyl halides is 3. The van der Waals surface area contributed by atoms with Crippen LogP contribution >= 0.6 is 0 Å². The van der Waals surface area contributed by atoms with E-state index in [9.17, 15) is 23.1 Å². The van der Waals surface area contributed by atoms with Crippen molar-refractivity contribution in [3.8, 4) is 0 Å². The number of carbonyl (C=O) groups is 1. The number of halogens is 3. The van der Waals surface area contributed by atoms with Crippen molar-refractivity contribution in [2.24, 2.45) is 11.8 Å². The summed E-state index contributed by atoms with van der Waals surface area (Å²) in [5.74, 6) is -3.22. The first-order chi connectivity index (χ1) is 9.86. The van der Waals surface area contributed by atoms with Gasteiger partial charge in [-0.2, -0.15) is 13.2 Å². The highest BCUT2D eigenvalue weighted by atomic mass is 19.4. The fourth-order valence-corrected chi connectivity index (χ4v) is 2.60. The van der Waals surface area contributed by atoms with Gasteiger partial charge in [0.1, 0.15) is 6.61 Å². The third-order valence-electron chi connectivity index (χ3n) is 3.70. The maximum absolute atomic E-state index is 12.7. The van der Waals surface area contributed by atoms with Crippen molar-refractivity contribution in [3.63, 3.8) is 0 Å². The van der Waals surface area contributed by atoms with Crippen molar-refractivity contribution in [1.29, 1.82) is 0 Å². The molecule has 0 bridgehead atoms. The molecule has 3 nitrogen and oxygen atoms in total. The first-order valence-corrected chi connectivity index (χ1v) is 6.81. The first kappa shape index (κ1) is 15.8. The van der Waals surface area contributed by atoms with Crippen molar-refractivity contribution >= 4 is 5.97 Å². The standard InChI is InChI=1S/C15H17F3O3/c16-15(17,18)12-6-11(7-13(19)8-12)14(20)21-9-10-4-2-1-3-5-10/h1-5,11-13,19H,6-9H2. The molecule has 1 saturated carbocycles. The Morgan fingerprint density at radius 3 is 2.48 bits per heavy atom. The molecule has 0 spiro atoms. The van der Waals surface area contributed by atoms with Crippen LogP contribution in [0.2, 0.25) is 0 Å². The number of carbonyl (C=O) groups excluding carboxylic acids is 1. The lowest BCUT2D eigenvalue weighted by atomic mass is 9.79.